The van der Waals surface area contributed by atoms with E-state index in [1.54, 1.807) is 0 Å². The third kappa shape index (κ3) is 3.02. The van der Waals surface area contributed by atoms with Crippen LogP contribution in [-0.4, -0.2) is 6.54 Å². The predicted octanol–water partition coefficient (Wildman–Crippen LogP) is 4.56. The van der Waals surface area contributed by atoms with Crippen molar-refractivity contribution in [3.05, 3.63) is 57.5 Å². The molecule has 0 fully saturated rings. The van der Waals surface area contributed by atoms with Crippen molar-refractivity contribution in [1.82, 2.24) is 5.32 Å². The van der Waals surface area contributed by atoms with Crippen molar-refractivity contribution in [1.29, 1.82) is 0 Å². The van der Waals surface area contributed by atoms with Crippen molar-refractivity contribution in [2.75, 3.05) is 6.54 Å². The van der Waals surface area contributed by atoms with E-state index >= 15 is 0 Å². The van der Waals surface area contributed by atoms with Crippen LogP contribution in [0.1, 0.15) is 41.2 Å². The molecule has 3 heteroatoms. The number of rotatable bonds is 4. The highest BCUT2D eigenvalue weighted by Gasteiger charge is 2.19. The van der Waals surface area contributed by atoms with E-state index in [2.05, 4.69) is 31.3 Å². The van der Waals surface area contributed by atoms with E-state index in [0.29, 0.717) is 0 Å². The zero-order valence-corrected chi connectivity index (χ0v) is 12.6. The molecule has 1 N–H and O–H groups in total. The molecule has 0 aliphatic heterocycles. The van der Waals surface area contributed by atoms with Gasteiger partial charge in [-0.05, 0) is 56.6 Å². The van der Waals surface area contributed by atoms with Gasteiger partial charge >= 0.3 is 0 Å². The number of furan rings is 1. The van der Waals surface area contributed by atoms with Crippen molar-refractivity contribution >= 4 is 11.6 Å². The molecule has 0 aliphatic rings. The standard InChI is InChI=1S/C16H20ClNO/c1-5-18-16(15-9-11(3)19-12(15)4)14-7-6-13(17)8-10(14)2/h6-9,16,18H,5H2,1-4H3. The summed E-state index contributed by atoms with van der Waals surface area (Å²) in [5.41, 5.74) is 3.64. The molecule has 0 spiro atoms. The average Bonchev–Trinajstić information content (AvgIpc) is 2.66. The summed E-state index contributed by atoms with van der Waals surface area (Å²) in [6, 6.07) is 8.29. The van der Waals surface area contributed by atoms with Crippen LogP contribution in [0.4, 0.5) is 0 Å². The third-order valence-corrected chi connectivity index (χ3v) is 3.58. The molecule has 1 atom stereocenters. The van der Waals surface area contributed by atoms with Crippen LogP contribution in [0, 0.1) is 20.8 Å². The maximum Gasteiger partial charge on any atom is 0.106 e. The molecule has 2 nitrogen and oxygen atoms in total. The van der Waals surface area contributed by atoms with E-state index in [9.17, 15) is 0 Å². The second kappa shape index (κ2) is 5.81. The van der Waals surface area contributed by atoms with E-state index in [-0.39, 0.29) is 6.04 Å². The first-order chi connectivity index (χ1) is 9.02. The quantitative estimate of drug-likeness (QED) is 0.886. The molecule has 1 aromatic carbocycles. The highest BCUT2D eigenvalue weighted by atomic mass is 35.5. The van der Waals surface area contributed by atoms with E-state index in [1.807, 2.05) is 26.0 Å². The molecule has 0 saturated heterocycles. The molecule has 1 aromatic heterocycles. The SMILES string of the molecule is CCNC(c1ccc(Cl)cc1C)c1cc(C)oc1C. The molecular weight excluding hydrogens is 258 g/mol. The Kier molecular flexibility index (Phi) is 4.33. The lowest BCUT2D eigenvalue weighted by atomic mass is 9.95. The van der Waals surface area contributed by atoms with Crippen LogP contribution in [0.25, 0.3) is 0 Å². The Labute approximate surface area is 119 Å². The molecule has 0 aliphatic carbocycles. The van der Waals surface area contributed by atoms with Gasteiger partial charge in [0.15, 0.2) is 0 Å². The van der Waals surface area contributed by atoms with Gasteiger partial charge in [-0.1, -0.05) is 24.6 Å². The van der Waals surface area contributed by atoms with Gasteiger partial charge < -0.3 is 9.73 Å². The first kappa shape index (κ1) is 14.2. The third-order valence-electron chi connectivity index (χ3n) is 3.34. The summed E-state index contributed by atoms with van der Waals surface area (Å²) in [5.74, 6) is 1.92. The topological polar surface area (TPSA) is 25.2 Å². The van der Waals surface area contributed by atoms with Gasteiger partial charge in [0.05, 0.1) is 6.04 Å². The van der Waals surface area contributed by atoms with E-state index in [1.165, 1.54) is 16.7 Å². The minimum absolute atomic E-state index is 0.153. The van der Waals surface area contributed by atoms with Gasteiger partial charge in [0.2, 0.25) is 0 Å². The van der Waals surface area contributed by atoms with Crippen LogP contribution < -0.4 is 5.32 Å². The molecule has 102 valence electrons. The minimum atomic E-state index is 0.153. The number of hydrogen-bond acceptors (Lipinski definition) is 2. The Morgan fingerprint density at radius 2 is 1.89 bits per heavy atom. The first-order valence-corrected chi connectivity index (χ1v) is 6.97. The van der Waals surface area contributed by atoms with Crippen LogP contribution >= 0.6 is 11.6 Å². The van der Waals surface area contributed by atoms with Crippen LogP contribution in [0.5, 0.6) is 0 Å². The van der Waals surface area contributed by atoms with Crippen molar-refractivity contribution in [3.8, 4) is 0 Å². The molecule has 0 bridgehead atoms. The van der Waals surface area contributed by atoms with Gasteiger partial charge in [-0.3, -0.25) is 0 Å². The van der Waals surface area contributed by atoms with Gasteiger partial charge in [0, 0.05) is 10.6 Å². The highest BCUT2D eigenvalue weighted by molar-refractivity contribution is 6.30. The smallest absolute Gasteiger partial charge is 0.106 e. The summed E-state index contributed by atoms with van der Waals surface area (Å²) >= 11 is 6.04. The Bertz CT molecular complexity index is 574. The zero-order chi connectivity index (χ0) is 14.0. The van der Waals surface area contributed by atoms with Crippen LogP contribution in [0.3, 0.4) is 0 Å². The molecule has 2 aromatic rings. The van der Waals surface area contributed by atoms with Crippen LogP contribution in [0.2, 0.25) is 5.02 Å². The molecule has 0 radical (unpaired) electrons. The Morgan fingerprint density at radius 1 is 1.16 bits per heavy atom. The average molecular weight is 278 g/mol. The largest absolute Gasteiger partial charge is 0.466 e. The van der Waals surface area contributed by atoms with Crippen molar-refractivity contribution in [3.63, 3.8) is 0 Å². The molecular formula is C16H20ClNO. The second-order valence-corrected chi connectivity index (χ2v) is 5.30. The zero-order valence-electron chi connectivity index (χ0n) is 11.9. The first-order valence-electron chi connectivity index (χ1n) is 6.59. The van der Waals surface area contributed by atoms with Crippen LogP contribution in [-0.2, 0) is 0 Å². The summed E-state index contributed by atoms with van der Waals surface area (Å²) in [6.07, 6.45) is 0. The maximum atomic E-state index is 6.04. The van der Waals surface area contributed by atoms with Crippen molar-refractivity contribution in [2.45, 2.75) is 33.7 Å². The van der Waals surface area contributed by atoms with E-state index < -0.39 is 0 Å². The van der Waals surface area contributed by atoms with E-state index in [0.717, 1.165) is 23.1 Å². The number of aryl methyl sites for hydroxylation is 3. The Hall–Kier alpha value is -1.25. The van der Waals surface area contributed by atoms with E-state index in [4.69, 9.17) is 16.0 Å². The molecule has 1 heterocycles. The normalized spacial score (nSPS) is 12.7. The monoisotopic (exact) mass is 277 g/mol. The number of nitrogens with one attached hydrogen (secondary N) is 1. The maximum absolute atomic E-state index is 6.04. The van der Waals surface area contributed by atoms with Crippen molar-refractivity contribution in [2.24, 2.45) is 0 Å². The number of hydrogen-bond donors (Lipinski definition) is 1. The number of benzene rings is 1. The highest BCUT2D eigenvalue weighted by Crippen LogP contribution is 2.30. The lowest BCUT2D eigenvalue weighted by Gasteiger charge is -2.20. The Morgan fingerprint density at radius 3 is 2.42 bits per heavy atom. The van der Waals surface area contributed by atoms with Gasteiger partial charge in [0.1, 0.15) is 11.5 Å². The second-order valence-electron chi connectivity index (χ2n) is 4.86. The molecule has 0 saturated carbocycles. The fraction of sp³-hybridized carbons (Fsp3) is 0.375. The van der Waals surface area contributed by atoms with Gasteiger partial charge in [0.25, 0.3) is 0 Å². The summed E-state index contributed by atoms with van der Waals surface area (Å²) in [4.78, 5) is 0. The van der Waals surface area contributed by atoms with Gasteiger partial charge in [-0.15, -0.1) is 0 Å². The molecule has 19 heavy (non-hydrogen) atoms. The van der Waals surface area contributed by atoms with Gasteiger partial charge in [-0.2, -0.15) is 0 Å². The summed E-state index contributed by atoms with van der Waals surface area (Å²) in [6.45, 7) is 9.09. The summed E-state index contributed by atoms with van der Waals surface area (Å²) < 4.78 is 5.66. The fourth-order valence-corrected chi connectivity index (χ4v) is 2.72. The summed E-state index contributed by atoms with van der Waals surface area (Å²) in [7, 11) is 0. The van der Waals surface area contributed by atoms with Crippen LogP contribution in [0.15, 0.2) is 28.7 Å². The predicted molar refractivity (Wildman–Crippen MR) is 79.9 cm³/mol. The molecule has 1 unspecified atom stereocenters. The fourth-order valence-electron chi connectivity index (χ4n) is 2.49. The molecule has 0 amide bonds. The molecule has 2 rings (SSSR count). The van der Waals surface area contributed by atoms with Crippen molar-refractivity contribution < 1.29 is 4.42 Å². The number of halogens is 1. The summed E-state index contributed by atoms with van der Waals surface area (Å²) in [5, 5.41) is 4.30. The van der Waals surface area contributed by atoms with Gasteiger partial charge in [-0.25, -0.2) is 0 Å². The minimum Gasteiger partial charge on any atom is -0.466 e. The lowest BCUT2D eigenvalue weighted by Crippen LogP contribution is -2.23. The lowest BCUT2D eigenvalue weighted by molar-refractivity contribution is 0.495. The Balaban J connectivity index is 2.48.